The fourth-order valence-corrected chi connectivity index (χ4v) is 6.48. The molecule has 146 valence electrons. The van der Waals surface area contributed by atoms with E-state index in [0.717, 1.165) is 41.2 Å². The second-order valence-electron chi connectivity index (χ2n) is 7.23. The summed E-state index contributed by atoms with van der Waals surface area (Å²) in [4.78, 5) is 0. The number of hydrogen-bond donors (Lipinski definition) is 0. The van der Waals surface area contributed by atoms with Crippen LogP contribution in [0.5, 0.6) is 11.5 Å². The van der Waals surface area contributed by atoms with Crippen LogP contribution in [0.15, 0.2) is 109 Å². The third kappa shape index (κ3) is 4.60. The first kappa shape index (κ1) is 19.5. The molecular weight excluding hydrogens is 375 g/mol. The molecule has 0 aliphatic heterocycles. The molecule has 0 amide bonds. The number of hydrogen-bond acceptors (Lipinski definition) is 2. The van der Waals surface area contributed by atoms with Crippen molar-refractivity contribution in [1.82, 2.24) is 0 Å². The predicted molar refractivity (Wildman–Crippen MR) is 122 cm³/mol. The summed E-state index contributed by atoms with van der Waals surface area (Å²) in [5.74, 6) is 1.40. The molecular formula is C26H25O2P. The first-order chi connectivity index (χ1) is 14.3. The zero-order valence-electron chi connectivity index (χ0n) is 16.4. The van der Waals surface area contributed by atoms with Crippen molar-refractivity contribution in [1.29, 1.82) is 0 Å². The number of benzene rings is 3. The van der Waals surface area contributed by atoms with Crippen molar-refractivity contribution in [2.45, 2.75) is 19.3 Å². The minimum atomic E-state index is -2.93. The van der Waals surface area contributed by atoms with Gasteiger partial charge in [-0.15, -0.1) is 0 Å². The highest BCUT2D eigenvalue weighted by Gasteiger charge is 2.31. The van der Waals surface area contributed by atoms with E-state index in [0.29, 0.717) is 11.9 Å². The lowest BCUT2D eigenvalue weighted by Gasteiger charge is -2.22. The summed E-state index contributed by atoms with van der Waals surface area (Å²) in [7, 11) is -2.93. The van der Waals surface area contributed by atoms with Crippen LogP contribution >= 0.6 is 7.14 Å². The maximum Gasteiger partial charge on any atom is 0.151 e. The van der Waals surface area contributed by atoms with Crippen molar-refractivity contribution < 1.29 is 9.30 Å². The van der Waals surface area contributed by atoms with E-state index in [1.165, 1.54) is 0 Å². The average Bonchev–Trinajstić information content (AvgIpc) is 3.04. The molecule has 3 aromatic rings. The molecule has 0 N–H and O–H groups in total. The molecule has 0 saturated heterocycles. The molecule has 4 rings (SSSR count). The fourth-order valence-electron chi connectivity index (χ4n) is 3.64. The molecule has 1 atom stereocenters. The van der Waals surface area contributed by atoms with Crippen LogP contribution in [0, 0.1) is 0 Å². The molecule has 0 saturated carbocycles. The van der Waals surface area contributed by atoms with Gasteiger partial charge in [-0.3, -0.25) is 0 Å². The summed E-state index contributed by atoms with van der Waals surface area (Å²) < 4.78 is 20.8. The Morgan fingerprint density at radius 2 is 1.48 bits per heavy atom. The highest BCUT2D eigenvalue weighted by atomic mass is 31.2. The largest absolute Gasteiger partial charge is 0.457 e. The molecule has 0 aromatic heterocycles. The van der Waals surface area contributed by atoms with Crippen LogP contribution in [-0.4, -0.2) is 6.16 Å². The lowest BCUT2D eigenvalue weighted by atomic mass is 10.2. The van der Waals surface area contributed by atoms with Crippen LogP contribution in [0.2, 0.25) is 0 Å². The Morgan fingerprint density at radius 3 is 2.28 bits per heavy atom. The number of ether oxygens (including phenoxy) is 1. The monoisotopic (exact) mass is 400 g/mol. The average molecular weight is 400 g/mol. The van der Waals surface area contributed by atoms with Crippen molar-refractivity contribution in [3.8, 4) is 11.5 Å². The minimum Gasteiger partial charge on any atom is -0.457 e. The molecule has 29 heavy (non-hydrogen) atoms. The second-order valence-corrected chi connectivity index (χ2v) is 10.0. The Kier molecular flexibility index (Phi) is 6.12. The third-order valence-electron chi connectivity index (χ3n) is 5.12. The minimum absolute atomic E-state index is 0.503. The lowest BCUT2D eigenvalue weighted by molar-refractivity contribution is 0.486. The normalized spacial score (nSPS) is 15.8. The van der Waals surface area contributed by atoms with E-state index in [2.05, 4.69) is 18.2 Å². The topological polar surface area (TPSA) is 26.3 Å². The third-order valence-corrected chi connectivity index (χ3v) is 8.21. The van der Waals surface area contributed by atoms with Gasteiger partial charge in [0.15, 0.2) is 7.14 Å². The molecule has 0 bridgehead atoms. The number of rotatable bonds is 6. The first-order valence-corrected chi connectivity index (χ1v) is 12.0. The van der Waals surface area contributed by atoms with E-state index < -0.39 is 7.14 Å². The molecule has 0 spiro atoms. The van der Waals surface area contributed by atoms with E-state index >= 15 is 0 Å². The van der Waals surface area contributed by atoms with Crippen molar-refractivity contribution in [3.63, 3.8) is 0 Å². The van der Waals surface area contributed by atoms with Gasteiger partial charge in [-0.05, 0) is 49.1 Å². The SMILES string of the molecule is O=P(CC1=CCCCC=C1)(c1ccccc1)c1ccccc1Oc1ccccc1. The molecule has 3 aromatic carbocycles. The molecule has 0 heterocycles. The summed E-state index contributed by atoms with van der Waals surface area (Å²) in [5.41, 5.74) is 1.14. The summed E-state index contributed by atoms with van der Waals surface area (Å²) in [6.45, 7) is 0. The predicted octanol–water partition coefficient (Wildman–Crippen LogP) is 6.46. The number of allylic oxidation sites excluding steroid dienone is 4. The summed E-state index contributed by atoms with van der Waals surface area (Å²) in [5, 5.41) is 1.64. The zero-order chi connectivity index (χ0) is 19.9. The fraction of sp³-hybridized carbons (Fsp3) is 0.154. The Hall–Kier alpha value is -2.83. The van der Waals surface area contributed by atoms with Crippen molar-refractivity contribution >= 4 is 17.8 Å². The second kappa shape index (κ2) is 9.11. The Morgan fingerprint density at radius 1 is 0.793 bits per heavy atom. The van der Waals surface area contributed by atoms with Crippen LogP contribution in [0.3, 0.4) is 0 Å². The highest BCUT2D eigenvalue weighted by molar-refractivity contribution is 7.79. The van der Waals surface area contributed by atoms with E-state index in [-0.39, 0.29) is 0 Å². The van der Waals surface area contributed by atoms with Crippen molar-refractivity contribution in [3.05, 3.63) is 109 Å². The zero-order valence-corrected chi connectivity index (χ0v) is 17.3. The maximum atomic E-state index is 14.7. The Bertz CT molecular complexity index is 1050. The number of para-hydroxylation sites is 2. The lowest BCUT2D eigenvalue weighted by Crippen LogP contribution is -2.20. The summed E-state index contributed by atoms with van der Waals surface area (Å²) in [6.07, 6.45) is 10.3. The van der Waals surface area contributed by atoms with Gasteiger partial charge in [0, 0.05) is 11.5 Å². The van der Waals surface area contributed by atoms with Gasteiger partial charge in [-0.1, -0.05) is 78.9 Å². The van der Waals surface area contributed by atoms with Crippen LogP contribution < -0.4 is 15.3 Å². The van der Waals surface area contributed by atoms with Crippen LogP contribution in [0.1, 0.15) is 19.3 Å². The molecule has 1 unspecified atom stereocenters. The first-order valence-electron chi connectivity index (χ1n) is 10.1. The Labute approximate surface area is 172 Å². The summed E-state index contributed by atoms with van der Waals surface area (Å²) >= 11 is 0. The molecule has 1 aliphatic carbocycles. The van der Waals surface area contributed by atoms with E-state index in [9.17, 15) is 4.57 Å². The standard InChI is InChI=1S/C26H25O2P/c27-29(24-17-9-4-10-18-24,21-22-13-5-1-2-6-14-22)26-20-12-11-19-25(26)28-23-15-7-3-8-16-23/h3-5,7-20H,1-2,6,21H2. The van der Waals surface area contributed by atoms with E-state index in [1.807, 2.05) is 84.9 Å². The van der Waals surface area contributed by atoms with Crippen molar-refractivity contribution in [2.75, 3.05) is 6.16 Å². The maximum absolute atomic E-state index is 14.7. The highest BCUT2D eigenvalue weighted by Crippen LogP contribution is 2.48. The van der Waals surface area contributed by atoms with Gasteiger partial charge < -0.3 is 9.30 Å². The van der Waals surface area contributed by atoms with Gasteiger partial charge in [0.2, 0.25) is 0 Å². The van der Waals surface area contributed by atoms with E-state index in [4.69, 9.17) is 4.74 Å². The van der Waals surface area contributed by atoms with Gasteiger partial charge in [0.05, 0.1) is 5.30 Å². The molecule has 2 nitrogen and oxygen atoms in total. The molecule has 3 heteroatoms. The molecule has 1 aliphatic rings. The molecule has 0 radical (unpaired) electrons. The van der Waals surface area contributed by atoms with Crippen LogP contribution in [0.25, 0.3) is 0 Å². The Balaban J connectivity index is 1.80. The van der Waals surface area contributed by atoms with Crippen LogP contribution in [-0.2, 0) is 4.57 Å². The van der Waals surface area contributed by atoms with Gasteiger partial charge in [-0.2, -0.15) is 0 Å². The smallest absolute Gasteiger partial charge is 0.151 e. The van der Waals surface area contributed by atoms with Gasteiger partial charge >= 0.3 is 0 Å². The summed E-state index contributed by atoms with van der Waals surface area (Å²) in [6, 6.07) is 27.2. The van der Waals surface area contributed by atoms with Gasteiger partial charge in [-0.25, -0.2) is 0 Å². The van der Waals surface area contributed by atoms with Gasteiger partial charge in [0.1, 0.15) is 11.5 Å². The van der Waals surface area contributed by atoms with Crippen molar-refractivity contribution in [2.24, 2.45) is 0 Å². The van der Waals surface area contributed by atoms with Crippen LogP contribution in [0.4, 0.5) is 0 Å². The molecule has 0 fully saturated rings. The van der Waals surface area contributed by atoms with E-state index in [1.54, 1.807) is 0 Å². The quantitative estimate of drug-likeness (QED) is 0.444. The van der Waals surface area contributed by atoms with Gasteiger partial charge in [0.25, 0.3) is 0 Å².